The van der Waals surface area contributed by atoms with Crippen LogP contribution in [0.1, 0.15) is 77.7 Å². The maximum atomic E-state index is 14.5. The van der Waals surface area contributed by atoms with Crippen LogP contribution in [0.3, 0.4) is 0 Å². The molecule has 2 aliphatic heterocycles. The van der Waals surface area contributed by atoms with E-state index in [-0.39, 0.29) is 32.4 Å². The Labute approximate surface area is 315 Å². The van der Waals surface area contributed by atoms with Gasteiger partial charge in [-0.1, -0.05) is 42.8 Å². The van der Waals surface area contributed by atoms with Gasteiger partial charge in [-0.15, -0.1) is 6.58 Å². The summed E-state index contributed by atoms with van der Waals surface area (Å²) >= 11 is 7.51. The van der Waals surface area contributed by atoms with E-state index in [0.29, 0.717) is 25.1 Å². The lowest BCUT2D eigenvalue weighted by Gasteiger charge is -2.35. The van der Waals surface area contributed by atoms with Gasteiger partial charge in [0.1, 0.15) is 12.1 Å². The third-order valence-electron chi connectivity index (χ3n) is 10.4. The van der Waals surface area contributed by atoms with Crippen LogP contribution < -0.4 is 14.8 Å². The molecule has 3 amide bonds. The van der Waals surface area contributed by atoms with Crippen LogP contribution in [0.15, 0.2) is 39.9 Å². The number of Topliss-reactive ketones (excluding diaryl/α,β-unsaturated/α-hetero) is 1. The number of aryl methyl sites for hydroxylation is 1. The van der Waals surface area contributed by atoms with Crippen LogP contribution in [0, 0.1) is 16.7 Å². The molecule has 2 N–H and O–H groups in total. The molecule has 276 valence electrons. The average Bonchev–Trinajstić information content (AvgIpc) is 3.99. The highest BCUT2D eigenvalue weighted by molar-refractivity contribution is 9.11. The molecular formula is C36H44Br2N4O8S. The van der Waals surface area contributed by atoms with Crippen molar-refractivity contribution < 1.29 is 37.1 Å². The fourth-order valence-corrected chi connectivity index (χ4v) is 9.90. The summed E-state index contributed by atoms with van der Waals surface area (Å²) in [6.07, 6.45) is 5.90. The number of halogens is 2. The number of alkyl carbamates (subject to hydrolysis) is 1. The minimum atomic E-state index is -3.85. The van der Waals surface area contributed by atoms with E-state index >= 15 is 0 Å². The number of pyridine rings is 1. The Balaban J connectivity index is 1.36. The molecule has 0 unspecified atom stereocenters. The number of sulfonamides is 1. The number of amides is 3. The van der Waals surface area contributed by atoms with Gasteiger partial charge in [0.2, 0.25) is 27.7 Å². The van der Waals surface area contributed by atoms with E-state index < -0.39 is 73.9 Å². The number of ether oxygens (including phenoxy) is 2. The van der Waals surface area contributed by atoms with Gasteiger partial charge in [-0.05, 0) is 89.9 Å². The molecule has 1 aromatic heterocycles. The first kappa shape index (κ1) is 37.7. The highest BCUT2D eigenvalue weighted by Gasteiger charge is 2.61. The van der Waals surface area contributed by atoms with E-state index in [0.717, 1.165) is 44.5 Å². The van der Waals surface area contributed by atoms with Crippen molar-refractivity contribution >= 4 is 76.3 Å². The first-order valence-corrected chi connectivity index (χ1v) is 20.6. The number of cyclic esters (lactones) is 1. The smallest absolute Gasteiger partial charge is 0.407 e. The zero-order valence-electron chi connectivity index (χ0n) is 29.0. The van der Waals surface area contributed by atoms with Gasteiger partial charge < -0.3 is 19.7 Å². The Hall–Kier alpha value is -3.04. The summed E-state index contributed by atoms with van der Waals surface area (Å²) in [6, 6.07) is 1.87. The van der Waals surface area contributed by atoms with Crippen molar-refractivity contribution in [2.75, 3.05) is 13.2 Å². The second kappa shape index (κ2) is 14.4. The third-order valence-corrected chi connectivity index (χ3v) is 13.8. The van der Waals surface area contributed by atoms with Crippen LogP contribution in [0.25, 0.3) is 10.8 Å². The SMILES string of the molecule is C=C[C@H]1C[C@]1(CC(=O)[C@@H]1C[C@@H]2CN1C(=O)[C@H](C(C)(C)C)NC(=O)OCCCCCc1cc(Br)c3ccnc(c3c1Br)O2)C(=O)NS(=O)(=O)C1CC1. The zero-order chi connectivity index (χ0) is 36.9. The molecule has 3 fully saturated rings. The lowest BCUT2D eigenvalue weighted by atomic mass is 9.85. The van der Waals surface area contributed by atoms with Gasteiger partial charge in [0.05, 0.1) is 35.2 Å². The average molecular weight is 853 g/mol. The number of aromatic nitrogens is 1. The van der Waals surface area contributed by atoms with Crippen molar-refractivity contribution in [3.63, 3.8) is 0 Å². The molecule has 0 spiro atoms. The standard InChI is InChI=1S/C36H44Br2N4O8S/c1-5-21-17-36(21,33(45)41-51(47,48)23-10-11-23)18-27(43)26-16-22-19-42(26)32(44)30(35(2,3)4)40-34(46)49-14-8-6-7-9-20-15-25(37)24-12-13-39-31(50-22)28(24)29(20)38/h5,12-13,15,21-23,26,30H,1,6-11,14,16-19H2,2-4H3,(H,40,46)(H,41,45)/t21-,22+,26-,30+,36+/m0/s1. The predicted octanol–water partition coefficient (Wildman–Crippen LogP) is 5.74. The van der Waals surface area contributed by atoms with E-state index in [9.17, 15) is 27.6 Å². The maximum Gasteiger partial charge on any atom is 0.407 e. The third kappa shape index (κ3) is 7.85. The second-order valence-electron chi connectivity index (χ2n) is 15.3. The number of nitrogens with one attached hydrogen (secondary N) is 2. The Morgan fingerprint density at radius 3 is 2.61 bits per heavy atom. The predicted molar refractivity (Wildman–Crippen MR) is 197 cm³/mol. The summed E-state index contributed by atoms with van der Waals surface area (Å²) in [5.41, 5.74) is -1.02. The fraction of sp³-hybridized carbons (Fsp3) is 0.583. The van der Waals surface area contributed by atoms with Crippen LogP contribution >= 0.6 is 31.9 Å². The summed E-state index contributed by atoms with van der Waals surface area (Å²) < 4.78 is 41.4. The van der Waals surface area contributed by atoms with Crippen molar-refractivity contribution in [3.05, 3.63) is 45.5 Å². The zero-order valence-corrected chi connectivity index (χ0v) is 33.0. The van der Waals surface area contributed by atoms with E-state index in [1.54, 1.807) is 12.3 Å². The lowest BCUT2D eigenvalue weighted by molar-refractivity contribution is -0.142. The fourth-order valence-electron chi connectivity index (χ4n) is 7.21. The number of allylic oxidation sites excluding steroid dienone is 1. The number of nitrogens with zero attached hydrogens (tertiary/aromatic N) is 2. The molecule has 2 aliphatic carbocycles. The first-order chi connectivity index (χ1) is 24.1. The topological polar surface area (TPSA) is 161 Å². The first-order valence-electron chi connectivity index (χ1n) is 17.4. The van der Waals surface area contributed by atoms with E-state index in [4.69, 9.17) is 9.47 Å². The van der Waals surface area contributed by atoms with Crippen LogP contribution in [-0.2, 0) is 35.6 Å². The number of carbonyl (C=O) groups excluding carboxylic acids is 4. The molecule has 15 heteroatoms. The lowest BCUT2D eigenvalue weighted by Crippen LogP contribution is -2.57. The Morgan fingerprint density at radius 1 is 1.20 bits per heavy atom. The van der Waals surface area contributed by atoms with Gasteiger partial charge in [-0.3, -0.25) is 19.1 Å². The number of benzene rings is 1. The molecule has 3 heterocycles. The molecule has 2 saturated carbocycles. The molecule has 51 heavy (non-hydrogen) atoms. The summed E-state index contributed by atoms with van der Waals surface area (Å²) in [5.74, 6) is -1.68. The van der Waals surface area contributed by atoms with Crippen molar-refractivity contribution in [1.82, 2.24) is 19.9 Å². The summed E-state index contributed by atoms with van der Waals surface area (Å²) in [7, 11) is -3.85. The normalized spacial score (nSPS) is 27.5. The molecule has 1 saturated heterocycles. The van der Waals surface area contributed by atoms with Gasteiger partial charge in [0.25, 0.3) is 0 Å². The molecular weight excluding hydrogens is 808 g/mol. The molecule has 4 aliphatic rings. The van der Waals surface area contributed by atoms with Gasteiger partial charge in [-0.25, -0.2) is 18.2 Å². The molecule has 5 atom stereocenters. The minimum absolute atomic E-state index is 0.00916. The van der Waals surface area contributed by atoms with Gasteiger partial charge >= 0.3 is 6.09 Å². The van der Waals surface area contributed by atoms with Crippen LogP contribution in [0.5, 0.6) is 5.88 Å². The minimum Gasteiger partial charge on any atom is -0.472 e. The van der Waals surface area contributed by atoms with E-state index in [1.165, 1.54) is 4.90 Å². The van der Waals surface area contributed by atoms with Crippen molar-refractivity contribution in [3.8, 4) is 5.88 Å². The van der Waals surface area contributed by atoms with E-state index in [1.807, 2.05) is 26.8 Å². The van der Waals surface area contributed by atoms with E-state index in [2.05, 4.69) is 59.5 Å². The number of rotatable bonds is 7. The Bertz CT molecular complexity index is 1880. The monoisotopic (exact) mass is 850 g/mol. The molecule has 4 bridgehead atoms. The molecule has 6 rings (SSSR count). The largest absolute Gasteiger partial charge is 0.472 e. The van der Waals surface area contributed by atoms with Crippen LogP contribution in [0.2, 0.25) is 0 Å². The van der Waals surface area contributed by atoms with Crippen LogP contribution in [0.4, 0.5) is 4.79 Å². The number of hydrogen-bond acceptors (Lipinski definition) is 9. The van der Waals surface area contributed by atoms with Gasteiger partial charge in [0.15, 0.2) is 5.78 Å². The number of hydrogen-bond donors (Lipinski definition) is 2. The summed E-state index contributed by atoms with van der Waals surface area (Å²) in [5, 5.41) is 3.79. The highest BCUT2D eigenvalue weighted by atomic mass is 79.9. The Morgan fingerprint density at radius 2 is 1.94 bits per heavy atom. The summed E-state index contributed by atoms with van der Waals surface area (Å²) in [6.45, 7) is 9.44. The molecule has 0 radical (unpaired) electrons. The van der Waals surface area contributed by atoms with Crippen LogP contribution in [-0.4, -0.2) is 78.6 Å². The van der Waals surface area contributed by atoms with Crippen molar-refractivity contribution in [1.29, 1.82) is 0 Å². The van der Waals surface area contributed by atoms with Crippen molar-refractivity contribution in [2.45, 2.75) is 102 Å². The molecule has 1 aromatic carbocycles. The maximum absolute atomic E-state index is 14.5. The summed E-state index contributed by atoms with van der Waals surface area (Å²) in [4.78, 5) is 61.4. The van der Waals surface area contributed by atoms with Gasteiger partial charge in [-0.2, -0.15) is 0 Å². The molecule has 12 nitrogen and oxygen atoms in total. The number of carbonyl (C=O) groups is 4. The quantitative estimate of drug-likeness (QED) is 0.332. The number of fused-ring (bicyclic) bond motifs is 3. The number of ketones is 1. The van der Waals surface area contributed by atoms with Gasteiger partial charge in [0, 0.05) is 33.4 Å². The highest BCUT2D eigenvalue weighted by Crippen LogP contribution is 2.57. The Kier molecular flexibility index (Phi) is 10.7. The van der Waals surface area contributed by atoms with Crippen molar-refractivity contribution in [2.24, 2.45) is 16.7 Å². The second-order valence-corrected chi connectivity index (χ2v) is 18.9. The molecule has 2 aromatic rings.